The molecular weight excluding hydrogens is 204 g/mol. The molecule has 0 saturated heterocycles. The highest BCUT2D eigenvalue weighted by atomic mass is 35.5. The number of rotatable bonds is 5. The molecule has 0 bridgehead atoms. The summed E-state index contributed by atoms with van der Waals surface area (Å²) in [5, 5.41) is 7.78. The minimum Gasteiger partial charge on any atom is -0.471 e. The number of halogens is 1. The summed E-state index contributed by atoms with van der Waals surface area (Å²) in [6.45, 7) is 5.07. The standard InChI is InChI=1S/C9H13ClN2O2/c1-3-13-6-7(2)14-9-5-4-8(10)11-12-9/h4-5,7H,3,6H2,1-2H3. The summed E-state index contributed by atoms with van der Waals surface area (Å²) < 4.78 is 10.6. The van der Waals surface area contributed by atoms with E-state index in [2.05, 4.69) is 10.2 Å². The Hall–Kier alpha value is -0.870. The van der Waals surface area contributed by atoms with Crippen molar-refractivity contribution in [3.8, 4) is 5.88 Å². The SMILES string of the molecule is CCOCC(C)Oc1ccc(Cl)nn1. The van der Waals surface area contributed by atoms with Gasteiger partial charge in [-0.25, -0.2) is 0 Å². The van der Waals surface area contributed by atoms with Crippen molar-refractivity contribution >= 4 is 11.6 Å². The van der Waals surface area contributed by atoms with Crippen molar-refractivity contribution < 1.29 is 9.47 Å². The zero-order valence-corrected chi connectivity index (χ0v) is 8.99. The molecule has 4 nitrogen and oxygen atoms in total. The van der Waals surface area contributed by atoms with Crippen molar-refractivity contribution in [1.29, 1.82) is 0 Å². The van der Waals surface area contributed by atoms with Gasteiger partial charge < -0.3 is 9.47 Å². The van der Waals surface area contributed by atoms with Crippen LogP contribution in [0.2, 0.25) is 5.15 Å². The molecule has 14 heavy (non-hydrogen) atoms. The molecule has 1 aromatic heterocycles. The van der Waals surface area contributed by atoms with Crippen molar-refractivity contribution in [2.24, 2.45) is 0 Å². The average molecular weight is 217 g/mol. The molecule has 0 amide bonds. The molecule has 1 heterocycles. The molecule has 1 rings (SSSR count). The second kappa shape index (κ2) is 5.78. The van der Waals surface area contributed by atoms with E-state index in [1.165, 1.54) is 0 Å². The van der Waals surface area contributed by atoms with Crippen LogP contribution in [0.5, 0.6) is 5.88 Å². The van der Waals surface area contributed by atoms with Gasteiger partial charge in [0.15, 0.2) is 5.15 Å². The maximum absolute atomic E-state index is 5.58. The topological polar surface area (TPSA) is 44.2 Å². The number of hydrogen-bond donors (Lipinski definition) is 0. The Morgan fingerprint density at radius 1 is 1.43 bits per heavy atom. The van der Waals surface area contributed by atoms with Gasteiger partial charge in [-0.2, -0.15) is 0 Å². The van der Waals surface area contributed by atoms with Crippen LogP contribution in [0.25, 0.3) is 0 Å². The summed E-state index contributed by atoms with van der Waals surface area (Å²) in [4.78, 5) is 0. The van der Waals surface area contributed by atoms with Crippen LogP contribution >= 0.6 is 11.6 Å². The highest BCUT2D eigenvalue weighted by Gasteiger charge is 2.04. The monoisotopic (exact) mass is 216 g/mol. The van der Waals surface area contributed by atoms with Crippen molar-refractivity contribution in [1.82, 2.24) is 10.2 Å². The van der Waals surface area contributed by atoms with E-state index in [4.69, 9.17) is 21.1 Å². The normalized spacial score (nSPS) is 12.5. The molecule has 0 saturated carbocycles. The van der Waals surface area contributed by atoms with Crippen molar-refractivity contribution in [3.05, 3.63) is 17.3 Å². The Labute approximate surface area is 88.2 Å². The van der Waals surface area contributed by atoms with Gasteiger partial charge in [0.1, 0.15) is 6.10 Å². The lowest BCUT2D eigenvalue weighted by Crippen LogP contribution is -2.19. The van der Waals surface area contributed by atoms with Crippen LogP contribution in [0.3, 0.4) is 0 Å². The van der Waals surface area contributed by atoms with E-state index in [0.717, 1.165) is 0 Å². The molecule has 78 valence electrons. The van der Waals surface area contributed by atoms with Gasteiger partial charge in [0.05, 0.1) is 6.61 Å². The van der Waals surface area contributed by atoms with Gasteiger partial charge in [0, 0.05) is 12.7 Å². The van der Waals surface area contributed by atoms with Gasteiger partial charge in [-0.05, 0) is 19.9 Å². The molecule has 0 spiro atoms. The second-order valence-corrected chi connectivity index (χ2v) is 3.17. The summed E-state index contributed by atoms with van der Waals surface area (Å²) in [5.74, 6) is 0.460. The van der Waals surface area contributed by atoms with Crippen molar-refractivity contribution in [3.63, 3.8) is 0 Å². The number of ether oxygens (including phenoxy) is 2. The van der Waals surface area contributed by atoms with E-state index < -0.39 is 0 Å². The predicted molar refractivity (Wildman–Crippen MR) is 53.6 cm³/mol. The first-order valence-electron chi connectivity index (χ1n) is 4.46. The number of nitrogens with zero attached hydrogens (tertiary/aromatic N) is 2. The van der Waals surface area contributed by atoms with Gasteiger partial charge in [0.2, 0.25) is 5.88 Å². The lowest BCUT2D eigenvalue weighted by atomic mass is 10.4. The zero-order valence-electron chi connectivity index (χ0n) is 8.24. The zero-order chi connectivity index (χ0) is 10.4. The van der Waals surface area contributed by atoms with Crippen LogP contribution in [0.1, 0.15) is 13.8 Å². The number of hydrogen-bond acceptors (Lipinski definition) is 4. The third-order valence-corrected chi connectivity index (χ3v) is 1.69. The maximum Gasteiger partial charge on any atom is 0.233 e. The fourth-order valence-electron chi connectivity index (χ4n) is 0.891. The summed E-state index contributed by atoms with van der Waals surface area (Å²) >= 11 is 5.58. The van der Waals surface area contributed by atoms with Crippen LogP contribution in [-0.2, 0) is 4.74 Å². The molecule has 0 aliphatic heterocycles. The fourth-order valence-corrected chi connectivity index (χ4v) is 0.991. The minimum atomic E-state index is -0.0366. The van der Waals surface area contributed by atoms with E-state index in [1.807, 2.05) is 13.8 Å². The molecule has 0 aromatic carbocycles. The van der Waals surface area contributed by atoms with E-state index in [9.17, 15) is 0 Å². The Morgan fingerprint density at radius 3 is 2.79 bits per heavy atom. The van der Waals surface area contributed by atoms with Crippen LogP contribution in [0, 0.1) is 0 Å². The van der Waals surface area contributed by atoms with E-state index in [-0.39, 0.29) is 6.10 Å². The first kappa shape index (κ1) is 11.2. The molecule has 0 aliphatic rings. The minimum absolute atomic E-state index is 0.0366. The summed E-state index contributed by atoms with van der Waals surface area (Å²) in [7, 11) is 0. The summed E-state index contributed by atoms with van der Waals surface area (Å²) in [5.41, 5.74) is 0. The fraction of sp³-hybridized carbons (Fsp3) is 0.556. The highest BCUT2D eigenvalue weighted by Crippen LogP contribution is 2.09. The molecule has 0 N–H and O–H groups in total. The van der Waals surface area contributed by atoms with Gasteiger partial charge in [-0.15, -0.1) is 10.2 Å². The van der Waals surface area contributed by atoms with Gasteiger partial charge >= 0.3 is 0 Å². The van der Waals surface area contributed by atoms with E-state index in [1.54, 1.807) is 12.1 Å². The van der Waals surface area contributed by atoms with Crippen LogP contribution in [0.4, 0.5) is 0 Å². The molecule has 1 atom stereocenters. The molecule has 0 aliphatic carbocycles. The molecular formula is C9H13ClN2O2. The van der Waals surface area contributed by atoms with Gasteiger partial charge in [-0.1, -0.05) is 11.6 Å². The molecule has 1 aromatic rings. The van der Waals surface area contributed by atoms with Gasteiger partial charge in [-0.3, -0.25) is 0 Å². The first-order chi connectivity index (χ1) is 6.72. The quantitative estimate of drug-likeness (QED) is 0.755. The van der Waals surface area contributed by atoms with E-state index >= 15 is 0 Å². The Morgan fingerprint density at radius 2 is 2.21 bits per heavy atom. The third kappa shape index (κ3) is 3.89. The predicted octanol–water partition coefficient (Wildman–Crippen LogP) is 1.93. The number of aromatic nitrogens is 2. The van der Waals surface area contributed by atoms with Crippen LogP contribution in [0.15, 0.2) is 12.1 Å². The summed E-state index contributed by atoms with van der Waals surface area (Å²) in [6.07, 6.45) is -0.0366. The van der Waals surface area contributed by atoms with Crippen LogP contribution < -0.4 is 4.74 Å². The third-order valence-electron chi connectivity index (χ3n) is 1.49. The average Bonchev–Trinajstić information content (AvgIpc) is 2.18. The Kier molecular flexibility index (Phi) is 4.62. The Balaban J connectivity index is 2.39. The largest absolute Gasteiger partial charge is 0.471 e. The lowest BCUT2D eigenvalue weighted by molar-refractivity contribution is 0.0628. The maximum atomic E-state index is 5.58. The summed E-state index contributed by atoms with van der Waals surface area (Å²) in [6, 6.07) is 3.31. The second-order valence-electron chi connectivity index (χ2n) is 2.78. The van der Waals surface area contributed by atoms with Crippen molar-refractivity contribution in [2.75, 3.05) is 13.2 Å². The molecule has 0 fully saturated rings. The first-order valence-corrected chi connectivity index (χ1v) is 4.83. The van der Waals surface area contributed by atoms with Crippen molar-refractivity contribution in [2.45, 2.75) is 20.0 Å². The Bertz CT molecular complexity index is 266. The van der Waals surface area contributed by atoms with E-state index in [0.29, 0.717) is 24.2 Å². The molecule has 0 radical (unpaired) electrons. The lowest BCUT2D eigenvalue weighted by Gasteiger charge is -2.12. The van der Waals surface area contributed by atoms with Crippen LogP contribution in [-0.4, -0.2) is 29.5 Å². The molecule has 5 heteroatoms. The highest BCUT2D eigenvalue weighted by molar-refractivity contribution is 6.29. The smallest absolute Gasteiger partial charge is 0.233 e. The van der Waals surface area contributed by atoms with Gasteiger partial charge in [0.25, 0.3) is 0 Å². The molecule has 1 unspecified atom stereocenters.